The van der Waals surface area contributed by atoms with Gasteiger partial charge in [0.2, 0.25) is 5.91 Å². The molecular weight excluding hydrogens is 319 g/mol. The summed E-state index contributed by atoms with van der Waals surface area (Å²) >= 11 is 0. The number of carbonyl (C=O) groups is 1. The minimum Gasteiger partial charge on any atom is -0.340 e. The zero-order valence-electron chi connectivity index (χ0n) is 12.9. The van der Waals surface area contributed by atoms with Crippen molar-refractivity contribution in [2.45, 2.75) is 18.9 Å². The van der Waals surface area contributed by atoms with Crippen molar-refractivity contribution in [3.8, 4) is 0 Å². The highest BCUT2D eigenvalue weighted by Crippen LogP contribution is 2.19. The number of benzene rings is 1. The maximum Gasteiger partial charge on any atom is 0.227 e. The Labute approximate surface area is 136 Å². The van der Waals surface area contributed by atoms with Crippen LogP contribution in [-0.4, -0.2) is 67.9 Å². The van der Waals surface area contributed by atoms with E-state index in [1.165, 1.54) is 6.07 Å². The molecular formula is C16H21FN2O3S. The number of rotatable bonds is 3. The quantitative estimate of drug-likeness (QED) is 0.813. The van der Waals surface area contributed by atoms with E-state index >= 15 is 0 Å². The van der Waals surface area contributed by atoms with E-state index < -0.39 is 9.84 Å². The fraction of sp³-hybridized carbons (Fsp3) is 0.562. The number of sulfone groups is 1. The first-order chi connectivity index (χ1) is 10.9. The summed E-state index contributed by atoms with van der Waals surface area (Å²) in [6.45, 7) is 2.51. The largest absolute Gasteiger partial charge is 0.340 e. The van der Waals surface area contributed by atoms with Crippen molar-refractivity contribution < 1.29 is 17.6 Å². The number of hydrogen-bond donors (Lipinski definition) is 0. The van der Waals surface area contributed by atoms with Crippen LogP contribution < -0.4 is 0 Å². The lowest BCUT2D eigenvalue weighted by molar-refractivity contribution is -0.132. The molecule has 0 aromatic heterocycles. The van der Waals surface area contributed by atoms with Crippen LogP contribution in [0.5, 0.6) is 0 Å². The number of hydrogen-bond acceptors (Lipinski definition) is 4. The Bertz CT molecular complexity index is 684. The van der Waals surface area contributed by atoms with E-state index in [1.807, 2.05) is 0 Å². The fourth-order valence-electron chi connectivity index (χ4n) is 3.32. The lowest BCUT2D eigenvalue weighted by Crippen LogP contribution is -2.52. The molecule has 7 heteroatoms. The third-order valence-electron chi connectivity index (χ3n) is 4.69. The van der Waals surface area contributed by atoms with Gasteiger partial charge in [-0.2, -0.15) is 0 Å². The smallest absolute Gasteiger partial charge is 0.227 e. The van der Waals surface area contributed by atoms with Gasteiger partial charge >= 0.3 is 0 Å². The number of carbonyl (C=O) groups excluding carboxylic acids is 1. The zero-order chi connectivity index (χ0) is 16.4. The summed E-state index contributed by atoms with van der Waals surface area (Å²) in [6, 6.07) is 6.42. The SMILES string of the molecule is O=C(Cc1ccccc1F)N1CCN(C2CCS(=O)(=O)C2)CC1. The molecule has 1 aromatic rings. The van der Waals surface area contributed by atoms with Gasteiger partial charge in [-0.05, 0) is 18.1 Å². The van der Waals surface area contributed by atoms with Gasteiger partial charge in [0.1, 0.15) is 5.82 Å². The molecule has 0 saturated carbocycles. The van der Waals surface area contributed by atoms with E-state index in [0.717, 1.165) is 0 Å². The van der Waals surface area contributed by atoms with E-state index in [9.17, 15) is 17.6 Å². The molecule has 3 rings (SSSR count). The van der Waals surface area contributed by atoms with E-state index in [1.54, 1.807) is 23.1 Å². The summed E-state index contributed by atoms with van der Waals surface area (Å²) < 4.78 is 36.7. The predicted molar refractivity (Wildman–Crippen MR) is 85.3 cm³/mol. The predicted octanol–water partition coefficient (Wildman–Crippen LogP) is 0.700. The summed E-state index contributed by atoms with van der Waals surface area (Å²) in [7, 11) is -2.88. The van der Waals surface area contributed by atoms with Crippen LogP contribution in [0.4, 0.5) is 4.39 Å². The van der Waals surface area contributed by atoms with E-state index in [2.05, 4.69) is 4.90 Å². The third kappa shape index (κ3) is 3.90. The molecule has 126 valence electrons. The second kappa shape index (κ2) is 6.57. The van der Waals surface area contributed by atoms with Gasteiger partial charge in [-0.1, -0.05) is 18.2 Å². The molecule has 1 aromatic carbocycles. The van der Waals surface area contributed by atoms with Crippen LogP contribution in [0.15, 0.2) is 24.3 Å². The van der Waals surface area contributed by atoms with Gasteiger partial charge in [0, 0.05) is 32.2 Å². The first-order valence-corrected chi connectivity index (χ1v) is 9.72. The number of nitrogens with zero attached hydrogens (tertiary/aromatic N) is 2. The molecule has 0 aliphatic carbocycles. The molecule has 2 fully saturated rings. The monoisotopic (exact) mass is 340 g/mol. The highest BCUT2D eigenvalue weighted by molar-refractivity contribution is 7.91. The topological polar surface area (TPSA) is 57.7 Å². The number of piperazine rings is 1. The summed E-state index contributed by atoms with van der Waals surface area (Å²) in [5.41, 5.74) is 0.418. The second-order valence-electron chi connectivity index (χ2n) is 6.24. The molecule has 2 aliphatic rings. The molecule has 2 heterocycles. The van der Waals surface area contributed by atoms with Gasteiger partial charge in [-0.15, -0.1) is 0 Å². The normalized spacial score (nSPS) is 24.7. The van der Waals surface area contributed by atoms with Crippen molar-refractivity contribution in [2.75, 3.05) is 37.7 Å². The van der Waals surface area contributed by atoms with Crippen LogP contribution in [0.25, 0.3) is 0 Å². The van der Waals surface area contributed by atoms with Gasteiger partial charge in [0.25, 0.3) is 0 Å². The highest BCUT2D eigenvalue weighted by atomic mass is 32.2. The summed E-state index contributed by atoms with van der Waals surface area (Å²) in [5.74, 6) is 0.0738. The Balaban J connectivity index is 1.53. The van der Waals surface area contributed by atoms with Crippen LogP contribution in [-0.2, 0) is 21.1 Å². The minimum atomic E-state index is -2.88. The molecule has 2 aliphatic heterocycles. The third-order valence-corrected chi connectivity index (χ3v) is 6.44. The van der Waals surface area contributed by atoms with Crippen molar-refractivity contribution in [3.63, 3.8) is 0 Å². The molecule has 0 radical (unpaired) electrons. The maximum atomic E-state index is 13.6. The average Bonchev–Trinajstić information content (AvgIpc) is 2.90. The maximum absolute atomic E-state index is 13.6. The van der Waals surface area contributed by atoms with Crippen molar-refractivity contribution in [1.82, 2.24) is 9.80 Å². The van der Waals surface area contributed by atoms with Crippen LogP contribution in [0, 0.1) is 5.82 Å². The molecule has 1 amide bonds. The first kappa shape index (κ1) is 16.4. The van der Waals surface area contributed by atoms with Gasteiger partial charge in [0.15, 0.2) is 9.84 Å². The van der Waals surface area contributed by atoms with E-state index in [4.69, 9.17) is 0 Å². The molecule has 23 heavy (non-hydrogen) atoms. The van der Waals surface area contributed by atoms with Gasteiger partial charge in [-0.25, -0.2) is 12.8 Å². The Morgan fingerprint density at radius 3 is 2.48 bits per heavy atom. The summed E-state index contributed by atoms with van der Waals surface area (Å²) in [4.78, 5) is 16.2. The first-order valence-electron chi connectivity index (χ1n) is 7.90. The lowest BCUT2D eigenvalue weighted by Gasteiger charge is -2.37. The lowest BCUT2D eigenvalue weighted by atomic mass is 10.1. The summed E-state index contributed by atoms with van der Waals surface area (Å²) in [5, 5.41) is 0. The molecule has 0 bridgehead atoms. The molecule has 2 saturated heterocycles. The minimum absolute atomic E-state index is 0.0739. The standard InChI is InChI=1S/C16H21FN2O3S/c17-15-4-2-1-3-13(15)11-16(20)19-8-6-18(7-9-19)14-5-10-23(21,22)12-14/h1-4,14H,5-12H2. The molecule has 5 nitrogen and oxygen atoms in total. The number of halogens is 1. The van der Waals surface area contributed by atoms with Gasteiger partial charge < -0.3 is 4.90 Å². The van der Waals surface area contributed by atoms with Gasteiger partial charge in [0.05, 0.1) is 17.9 Å². The van der Waals surface area contributed by atoms with Crippen LogP contribution >= 0.6 is 0 Å². The van der Waals surface area contributed by atoms with Crippen molar-refractivity contribution in [1.29, 1.82) is 0 Å². The molecule has 0 N–H and O–H groups in total. The van der Waals surface area contributed by atoms with E-state index in [0.29, 0.717) is 38.2 Å². The summed E-state index contributed by atoms with van der Waals surface area (Å²) in [6.07, 6.45) is 0.760. The Hall–Kier alpha value is -1.47. The molecule has 1 unspecified atom stereocenters. The van der Waals surface area contributed by atoms with Gasteiger partial charge in [-0.3, -0.25) is 9.69 Å². The van der Waals surface area contributed by atoms with Crippen molar-refractivity contribution >= 4 is 15.7 Å². The Kier molecular flexibility index (Phi) is 4.68. The Morgan fingerprint density at radius 2 is 1.87 bits per heavy atom. The van der Waals surface area contributed by atoms with Crippen molar-refractivity contribution in [2.24, 2.45) is 0 Å². The average molecular weight is 340 g/mol. The van der Waals surface area contributed by atoms with Crippen LogP contribution in [0.2, 0.25) is 0 Å². The zero-order valence-corrected chi connectivity index (χ0v) is 13.8. The molecule has 1 atom stereocenters. The van der Waals surface area contributed by atoms with Crippen LogP contribution in [0.1, 0.15) is 12.0 Å². The Morgan fingerprint density at radius 1 is 1.17 bits per heavy atom. The van der Waals surface area contributed by atoms with Crippen LogP contribution in [0.3, 0.4) is 0 Å². The second-order valence-corrected chi connectivity index (χ2v) is 8.47. The molecule has 0 spiro atoms. The number of amides is 1. The fourth-order valence-corrected chi connectivity index (χ4v) is 5.08. The highest BCUT2D eigenvalue weighted by Gasteiger charge is 2.34. The van der Waals surface area contributed by atoms with E-state index in [-0.39, 0.29) is 35.7 Å². The van der Waals surface area contributed by atoms with Crippen molar-refractivity contribution in [3.05, 3.63) is 35.6 Å².